The van der Waals surface area contributed by atoms with Crippen molar-refractivity contribution in [1.82, 2.24) is 0 Å². The topological polar surface area (TPSA) is 55.8 Å². The fourth-order valence-electron chi connectivity index (χ4n) is 2.03. The summed E-state index contributed by atoms with van der Waals surface area (Å²) in [5, 5.41) is 9.49. The van der Waals surface area contributed by atoms with E-state index < -0.39 is 0 Å². The van der Waals surface area contributed by atoms with Crippen LogP contribution >= 0.6 is 0 Å². The molecule has 0 amide bonds. The molecule has 0 unspecified atom stereocenters. The highest BCUT2D eigenvalue weighted by Crippen LogP contribution is 2.28. The van der Waals surface area contributed by atoms with Gasteiger partial charge in [0.15, 0.2) is 17.3 Å². The van der Waals surface area contributed by atoms with Crippen LogP contribution in [0.5, 0.6) is 17.2 Å². The van der Waals surface area contributed by atoms with E-state index in [0.717, 1.165) is 5.56 Å². The van der Waals surface area contributed by atoms with E-state index in [4.69, 9.17) is 9.47 Å². The number of carbonyl (C=O) groups excluding carboxylic acids is 1. The lowest BCUT2D eigenvalue weighted by Crippen LogP contribution is -1.95. The molecule has 0 heterocycles. The van der Waals surface area contributed by atoms with E-state index in [2.05, 4.69) is 0 Å². The van der Waals surface area contributed by atoms with Crippen LogP contribution in [0.25, 0.3) is 6.08 Å². The van der Waals surface area contributed by atoms with E-state index in [1.165, 1.54) is 12.1 Å². The van der Waals surface area contributed by atoms with Gasteiger partial charge >= 0.3 is 0 Å². The molecule has 0 aromatic heterocycles. The second-order valence-electron chi connectivity index (χ2n) is 4.81. The van der Waals surface area contributed by atoms with E-state index in [1.54, 1.807) is 51.5 Å². The van der Waals surface area contributed by atoms with Crippen molar-refractivity contribution in [2.24, 2.45) is 0 Å². The average Bonchev–Trinajstić information content (AvgIpc) is 2.54. The number of phenolic OH excluding ortho intramolecular Hbond substituents is 1. The molecular weight excluding hydrogens is 280 g/mol. The molecule has 0 saturated carbocycles. The Kier molecular flexibility index (Phi) is 4.84. The normalized spacial score (nSPS) is 10.7. The average molecular weight is 298 g/mol. The van der Waals surface area contributed by atoms with Crippen molar-refractivity contribution in [2.75, 3.05) is 14.2 Å². The number of allylic oxidation sites excluding steroid dienone is 1. The molecular formula is C18H18O4. The first kappa shape index (κ1) is 15.6. The molecule has 2 aromatic rings. The van der Waals surface area contributed by atoms with Gasteiger partial charge in [0.2, 0.25) is 0 Å². The zero-order valence-corrected chi connectivity index (χ0v) is 12.8. The molecule has 0 saturated heterocycles. The Labute approximate surface area is 129 Å². The van der Waals surface area contributed by atoms with Crippen molar-refractivity contribution in [1.29, 1.82) is 0 Å². The Morgan fingerprint density at radius 3 is 2.41 bits per heavy atom. The summed E-state index contributed by atoms with van der Waals surface area (Å²) >= 11 is 0. The van der Waals surface area contributed by atoms with Crippen molar-refractivity contribution < 1.29 is 19.4 Å². The summed E-state index contributed by atoms with van der Waals surface area (Å²) in [6.07, 6.45) is 3.21. The van der Waals surface area contributed by atoms with E-state index in [-0.39, 0.29) is 11.5 Å². The van der Waals surface area contributed by atoms with Gasteiger partial charge in [0.05, 0.1) is 14.2 Å². The Hall–Kier alpha value is -2.75. The Bertz CT molecular complexity index is 717. The summed E-state index contributed by atoms with van der Waals surface area (Å²) in [4.78, 5) is 12.1. The lowest BCUT2D eigenvalue weighted by molar-refractivity contribution is 0.104. The summed E-state index contributed by atoms with van der Waals surface area (Å²) in [6.45, 7) is 1.75. The van der Waals surface area contributed by atoms with Crippen molar-refractivity contribution in [3.05, 3.63) is 59.2 Å². The zero-order valence-electron chi connectivity index (χ0n) is 12.8. The molecule has 0 fully saturated rings. The van der Waals surface area contributed by atoms with E-state index in [1.807, 2.05) is 6.07 Å². The fourth-order valence-corrected chi connectivity index (χ4v) is 2.03. The van der Waals surface area contributed by atoms with Crippen molar-refractivity contribution >= 4 is 11.9 Å². The third-order valence-electron chi connectivity index (χ3n) is 3.32. The van der Waals surface area contributed by atoms with E-state index in [0.29, 0.717) is 22.6 Å². The molecule has 0 aliphatic carbocycles. The number of hydrogen-bond donors (Lipinski definition) is 1. The van der Waals surface area contributed by atoms with Crippen LogP contribution in [0.1, 0.15) is 21.5 Å². The van der Waals surface area contributed by atoms with Crippen LogP contribution in [0, 0.1) is 6.92 Å². The molecule has 0 aliphatic heterocycles. The molecule has 0 aliphatic rings. The smallest absolute Gasteiger partial charge is 0.185 e. The number of rotatable bonds is 5. The largest absolute Gasteiger partial charge is 0.508 e. The number of ether oxygens (including phenoxy) is 2. The number of phenols is 1. The molecule has 2 aromatic carbocycles. The summed E-state index contributed by atoms with van der Waals surface area (Å²) in [5.74, 6) is 1.30. The van der Waals surface area contributed by atoms with Gasteiger partial charge in [-0.3, -0.25) is 4.79 Å². The predicted molar refractivity (Wildman–Crippen MR) is 85.8 cm³/mol. The SMILES string of the molecule is COc1ccc(/C=C/C(=O)c2ccc(O)c(C)c2)cc1OC. The number of benzene rings is 2. The lowest BCUT2D eigenvalue weighted by atomic mass is 10.1. The summed E-state index contributed by atoms with van der Waals surface area (Å²) in [6, 6.07) is 10.2. The molecule has 4 heteroatoms. The Balaban J connectivity index is 2.20. The highest BCUT2D eigenvalue weighted by Gasteiger charge is 2.06. The molecule has 4 nitrogen and oxygen atoms in total. The molecule has 1 N–H and O–H groups in total. The number of ketones is 1. The van der Waals surface area contributed by atoms with Gasteiger partial charge in [-0.1, -0.05) is 12.1 Å². The van der Waals surface area contributed by atoms with E-state index >= 15 is 0 Å². The lowest BCUT2D eigenvalue weighted by Gasteiger charge is -2.07. The first-order valence-electron chi connectivity index (χ1n) is 6.79. The summed E-state index contributed by atoms with van der Waals surface area (Å²) in [7, 11) is 3.14. The minimum absolute atomic E-state index is 0.127. The molecule has 0 bridgehead atoms. The quantitative estimate of drug-likeness (QED) is 0.676. The minimum Gasteiger partial charge on any atom is -0.508 e. The highest BCUT2D eigenvalue weighted by atomic mass is 16.5. The van der Waals surface area contributed by atoms with Gasteiger partial charge in [-0.2, -0.15) is 0 Å². The van der Waals surface area contributed by atoms with Gasteiger partial charge in [-0.15, -0.1) is 0 Å². The predicted octanol–water partition coefficient (Wildman–Crippen LogP) is 3.61. The zero-order chi connectivity index (χ0) is 16.1. The highest BCUT2D eigenvalue weighted by molar-refractivity contribution is 6.07. The van der Waals surface area contributed by atoms with Gasteiger partial charge in [-0.05, 0) is 54.5 Å². The number of methoxy groups -OCH3 is 2. The Morgan fingerprint density at radius 2 is 1.77 bits per heavy atom. The Morgan fingerprint density at radius 1 is 1.05 bits per heavy atom. The van der Waals surface area contributed by atoms with Gasteiger partial charge in [0.25, 0.3) is 0 Å². The molecule has 0 atom stereocenters. The number of aryl methyl sites for hydroxylation is 1. The second kappa shape index (κ2) is 6.80. The van der Waals surface area contributed by atoms with Gasteiger partial charge in [0.1, 0.15) is 5.75 Å². The van der Waals surface area contributed by atoms with Gasteiger partial charge in [-0.25, -0.2) is 0 Å². The van der Waals surface area contributed by atoms with Crippen molar-refractivity contribution in [2.45, 2.75) is 6.92 Å². The van der Waals surface area contributed by atoms with Crippen molar-refractivity contribution in [3.8, 4) is 17.2 Å². The monoisotopic (exact) mass is 298 g/mol. The van der Waals surface area contributed by atoms with Crippen LogP contribution in [0.2, 0.25) is 0 Å². The van der Waals surface area contributed by atoms with Crippen LogP contribution in [-0.4, -0.2) is 25.1 Å². The maximum Gasteiger partial charge on any atom is 0.185 e. The molecule has 0 spiro atoms. The standard InChI is InChI=1S/C18H18O4/c1-12-10-14(6-8-15(12)19)16(20)7-4-13-5-9-17(21-2)18(11-13)22-3/h4-11,19H,1-3H3/b7-4+. The molecule has 2 rings (SSSR count). The van der Waals surface area contributed by atoms with Crippen molar-refractivity contribution in [3.63, 3.8) is 0 Å². The third-order valence-corrected chi connectivity index (χ3v) is 3.32. The van der Waals surface area contributed by atoms with Crippen LogP contribution < -0.4 is 9.47 Å². The molecule has 0 radical (unpaired) electrons. The summed E-state index contributed by atoms with van der Waals surface area (Å²) < 4.78 is 10.4. The number of hydrogen-bond acceptors (Lipinski definition) is 4. The first-order valence-corrected chi connectivity index (χ1v) is 6.79. The van der Waals surface area contributed by atoms with Gasteiger partial charge < -0.3 is 14.6 Å². The van der Waals surface area contributed by atoms with Gasteiger partial charge in [0, 0.05) is 5.56 Å². The van der Waals surface area contributed by atoms with Crippen LogP contribution in [0.3, 0.4) is 0 Å². The van der Waals surface area contributed by atoms with Crippen LogP contribution in [-0.2, 0) is 0 Å². The molecule has 22 heavy (non-hydrogen) atoms. The maximum atomic E-state index is 12.1. The maximum absolute atomic E-state index is 12.1. The first-order chi connectivity index (χ1) is 10.5. The minimum atomic E-state index is -0.127. The van der Waals surface area contributed by atoms with Crippen LogP contribution in [0.15, 0.2) is 42.5 Å². The third kappa shape index (κ3) is 3.47. The number of carbonyl (C=O) groups is 1. The summed E-state index contributed by atoms with van der Waals surface area (Å²) in [5.41, 5.74) is 2.04. The molecule has 114 valence electrons. The second-order valence-corrected chi connectivity index (χ2v) is 4.81. The van der Waals surface area contributed by atoms with E-state index in [9.17, 15) is 9.90 Å². The van der Waals surface area contributed by atoms with Crippen LogP contribution in [0.4, 0.5) is 0 Å². The fraction of sp³-hybridized carbons (Fsp3) is 0.167. The number of aromatic hydroxyl groups is 1.